The van der Waals surface area contributed by atoms with Crippen LogP contribution in [0, 0.1) is 5.92 Å². The Hall–Kier alpha value is -2.43. The molecule has 142 valence electrons. The average molecular weight is 365 g/mol. The highest BCUT2D eigenvalue weighted by Gasteiger charge is 2.36. The first kappa shape index (κ1) is 18.0. The summed E-state index contributed by atoms with van der Waals surface area (Å²) in [6.07, 6.45) is 5.72. The Morgan fingerprint density at radius 1 is 1.15 bits per heavy atom. The van der Waals surface area contributed by atoms with E-state index in [1.807, 2.05) is 42.3 Å². The summed E-state index contributed by atoms with van der Waals surface area (Å²) in [7, 11) is 1.84. The van der Waals surface area contributed by atoms with E-state index in [1.54, 1.807) is 4.90 Å². The SMILES string of the molecule is CN(Cc1ccc2ccccc2n1)C(=O)[C@H]1CCC(=O)N(C2CCCC2)C1. The molecule has 2 aliphatic rings. The summed E-state index contributed by atoms with van der Waals surface area (Å²) in [6, 6.07) is 12.4. The van der Waals surface area contributed by atoms with Gasteiger partial charge in [0.1, 0.15) is 0 Å². The third-order valence-corrected chi connectivity index (χ3v) is 5.99. The maximum absolute atomic E-state index is 13.0. The number of hydrogen-bond donors (Lipinski definition) is 0. The predicted molar refractivity (Wildman–Crippen MR) is 105 cm³/mol. The Labute approximate surface area is 160 Å². The van der Waals surface area contributed by atoms with Gasteiger partial charge in [-0.1, -0.05) is 37.1 Å². The van der Waals surface area contributed by atoms with Gasteiger partial charge in [0, 0.05) is 31.4 Å². The largest absolute Gasteiger partial charge is 0.340 e. The van der Waals surface area contributed by atoms with Gasteiger partial charge >= 0.3 is 0 Å². The van der Waals surface area contributed by atoms with E-state index in [2.05, 4.69) is 11.1 Å². The topological polar surface area (TPSA) is 53.5 Å². The molecule has 0 unspecified atom stereocenters. The lowest BCUT2D eigenvalue weighted by atomic mass is 9.94. The van der Waals surface area contributed by atoms with E-state index in [1.165, 1.54) is 12.8 Å². The van der Waals surface area contributed by atoms with E-state index in [9.17, 15) is 9.59 Å². The van der Waals surface area contributed by atoms with Crippen LogP contribution in [-0.4, -0.2) is 46.2 Å². The van der Waals surface area contributed by atoms with E-state index >= 15 is 0 Å². The number of pyridine rings is 1. The lowest BCUT2D eigenvalue weighted by Gasteiger charge is -2.37. The number of para-hydroxylation sites is 1. The molecule has 5 heteroatoms. The van der Waals surface area contributed by atoms with Gasteiger partial charge in [0.25, 0.3) is 0 Å². The minimum absolute atomic E-state index is 0.0891. The van der Waals surface area contributed by atoms with Crippen molar-refractivity contribution in [3.05, 3.63) is 42.1 Å². The molecule has 1 aliphatic carbocycles. The van der Waals surface area contributed by atoms with Crippen molar-refractivity contribution in [3.8, 4) is 0 Å². The number of carbonyl (C=O) groups excluding carboxylic acids is 2. The molecular formula is C22H27N3O2. The lowest BCUT2D eigenvalue weighted by Crippen LogP contribution is -2.49. The summed E-state index contributed by atoms with van der Waals surface area (Å²) in [5, 5.41) is 1.10. The first-order chi connectivity index (χ1) is 13.1. The molecule has 5 nitrogen and oxygen atoms in total. The standard InChI is InChI=1S/C22H27N3O2/c1-24(15-18-12-10-16-6-2-5-9-20(16)23-18)22(27)17-11-13-21(26)25(14-17)19-7-3-4-8-19/h2,5-6,9-10,12,17,19H,3-4,7-8,11,13-15H2,1H3/t17-/m0/s1. The molecule has 0 bridgehead atoms. The molecule has 0 radical (unpaired) electrons. The highest BCUT2D eigenvalue weighted by molar-refractivity contribution is 5.84. The number of rotatable bonds is 4. The van der Waals surface area contributed by atoms with E-state index in [0.29, 0.717) is 32.0 Å². The summed E-state index contributed by atoms with van der Waals surface area (Å²) in [4.78, 5) is 33.7. The van der Waals surface area contributed by atoms with Gasteiger partial charge < -0.3 is 9.80 Å². The Morgan fingerprint density at radius 3 is 2.74 bits per heavy atom. The second-order valence-electron chi connectivity index (χ2n) is 7.91. The first-order valence-electron chi connectivity index (χ1n) is 10.0. The van der Waals surface area contributed by atoms with Gasteiger partial charge in [0.15, 0.2) is 0 Å². The quantitative estimate of drug-likeness (QED) is 0.835. The van der Waals surface area contributed by atoms with Crippen molar-refractivity contribution in [2.45, 2.75) is 51.1 Å². The van der Waals surface area contributed by atoms with Crippen LogP contribution in [0.15, 0.2) is 36.4 Å². The summed E-state index contributed by atoms with van der Waals surface area (Å²) in [6.45, 7) is 1.08. The molecule has 1 aromatic heterocycles. The molecule has 2 heterocycles. The Balaban J connectivity index is 1.42. The predicted octanol–water partition coefficient (Wildman–Crippen LogP) is 3.37. The van der Waals surface area contributed by atoms with Crippen molar-refractivity contribution in [2.24, 2.45) is 5.92 Å². The number of nitrogens with zero attached hydrogens (tertiary/aromatic N) is 3. The Morgan fingerprint density at radius 2 is 1.93 bits per heavy atom. The summed E-state index contributed by atoms with van der Waals surface area (Å²) >= 11 is 0. The molecule has 2 fully saturated rings. The summed E-state index contributed by atoms with van der Waals surface area (Å²) in [5.74, 6) is 0.263. The normalized spacial score (nSPS) is 21.0. The van der Waals surface area contributed by atoms with Gasteiger partial charge in [0.05, 0.1) is 23.7 Å². The van der Waals surface area contributed by atoms with Crippen molar-refractivity contribution < 1.29 is 9.59 Å². The Bertz CT molecular complexity index is 844. The van der Waals surface area contributed by atoms with E-state index in [0.717, 1.165) is 29.4 Å². The van der Waals surface area contributed by atoms with Gasteiger partial charge in [-0.2, -0.15) is 0 Å². The summed E-state index contributed by atoms with van der Waals surface area (Å²) < 4.78 is 0. The highest BCUT2D eigenvalue weighted by atomic mass is 16.2. The van der Waals surface area contributed by atoms with Gasteiger partial charge in [-0.25, -0.2) is 0 Å². The smallest absolute Gasteiger partial charge is 0.227 e. The second-order valence-corrected chi connectivity index (χ2v) is 7.91. The molecule has 2 aromatic rings. The molecule has 1 aromatic carbocycles. The zero-order valence-corrected chi connectivity index (χ0v) is 15.9. The maximum atomic E-state index is 13.0. The third-order valence-electron chi connectivity index (χ3n) is 5.99. The van der Waals surface area contributed by atoms with Crippen LogP contribution in [0.25, 0.3) is 10.9 Å². The number of aromatic nitrogens is 1. The molecule has 2 amide bonds. The third kappa shape index (κ3) is 3.82. The number of likely N-dealkylation sites (tertiary alicyclic amines) is 1. The van der Waals surface area contributed by atoms with Gasteiger partial charge in [-0.05, 0) is 31.4 Å². The minimum atomic E-state index is -0.0891. The van der Waals surface area contributed by atoms with Crippen LogP contribution < -0.4 is 0 Å². The number of piperidine rings is 1. The second kappa shape index (κ2) is 7.67. The van der Waals surface area contributed by atoms with Crippen LogP contribution in [0.5, 0.6) is 0 Å². The highest BCUT2D eigenvalue weighted by Crippen LogP contribution is 2.29. The van der Waals surface area contributed by atoms with Crippen molar-refractivity contribution in [1.29, 1.82) is 0 Å². The number of hydrogen-bond acceptors (Lipinski definition) is 3. The van der Waals surface area contributed by atoms with Crippen molar-refractivity contribution in [3.63, 3.8) is 0 Å². The van der Waals surface area contributed by atoms with E-state index in [-0.39, 0.29) is 17.7 Å². The first-order valence-corrected chi connectivity index (χ1v) is 10.0. The van der Waals surface area contributed by atoms with Crippen LogP contribution in [0.3, 0.4) is 0 Å². The van der Waals surface area contributed by atoms with Gasteiger partial charge in [-0.15, -0.1) is 0 Å². The van der Waals surface area contributed by atoms with Gasteiger partial charge in [0.2, 0.25) is 11.8 Å². The molecule has 1 atom stereocenters. The zero-order valence-electron chi connectivity index (χ0n) is 15.9. The monoisotopic (exact) mass is 365 g/mol. The molecular weight excluding hydrogens is 338 g/mol. The molecule has 0 N–H and O–H groups in total. The van der Waals surface area contributed by atoms with E-state index < -0.39 is 0 Å². The van der Waals surface area contributed by atoms with Crippen LogP contribution in [0.1, 0.15) is 44.2 Å². The Kier molecular flexibility index (Phi) is 5.10. The molecule has 1 saturated carbocycles. The van der Waals surface area contributed by atoms with Crippen molar-refractivity contribution in [1.82, 2.24) is 14.8 Å². The average Bonchev–Trinajstić information content (AvgIpc) is 3.22. The van der Waals surface area contributed by atoms with Crippen molar-refractivity contribution >= 4 is 22.7 Å². The van der Waals surface area contributed by atoms with Crippen molar-refractivity contribution in [2.75, 3.05) is 13.6 Å². The molecule has 4 rings (SSSR count). The zero-order chi connectivity index (χ0) is 18.8. The molecule has 1 saturated heterocycles. The van der Waals surface area contributed by atoms with E-state index in [4.69, 9.17) is 0 Å². The summed E-state index contributed by atoms with van der Waals surface area (Å²) in [5.41, 5.74) is 1.84. The molecule has 27 heavy (non-hydrogen) atoms. The molecule has 0 spiro atoms. The number of benzene rings is 1. The maximum Gasteiger partial charge on any atom is 0.227 e. The minimum Gasteiger partial charge on any atom is -0.340 e. The lowest BCUT2D eigenvalue weighted by molar-refractivity contribution is -0.144. The van der Waals surface area contributed by atoms with Gasteiger partial charge in [-0.3, -0.25) is 14.6 Å². The molecule has 1 aliphatic heterocycles. The fourth-order valence-electron chi connectivity index (χ4n) is 4.47. The number of carbonyl (C=O) groups is 2. The fraction of sp³-hybridized carbons (Fsp3) is 0.500. The number of amides is 2. The van der Waals surface area contributed by atoms with Crippen LogP contribution in [0.4, 0.5) is 0 Å². The number of fused-ring (bicyclic) bond motifs is 1. The van der Waals surface area contributed by atoms with Crippen LogP contribution >= 0.6 is 0 Å². The fourth-order valence-corrected chi connectivity index (χ4v) is 4.47. The van der Waals surface area contributed by atoms with Crippen LogP contribution in [0.2, 0.25) is 0 Å². The van der Waals surface area contributed by atoms with Crippen LogP contribution in [-0.2, 0) is 16.1 Å².